The van der Waals surface area contributed by atoms with Crippen LogP contribution < -0.4 is 5.32 Å². The molecular formula is C12H17BrFN. The predicted octanol–water partition coefficient (Wildman–Crippen LogP) is 3.72. The van der Waals surface area contributed by atoms with Gasteiger partial charge in [0.1, 0.15) is 5.82 Å². The highest BCUT2D eigenvalue weighted by Crippen LogP contribution is 2.20. The zero-order chi connectivity index (χ0) is 11.5. The summed E-state index contributed by atoms with van der Waals surface area (Å²) in [6, 6.07) is 5.11. The first-order valence-electron chi connectivity index (χ1n) is 5.04. The molecule has 1 rings (SSSR count). The largest absolute Gasteiger partial charge is 0.312 e. The average molecular weight is 274 g/mol. The van der Waals surface area contributed by atoms with Crippen LogP contribution in [-0.2, 0) is 6.54 Å². The van der Waals surface area contributed by atoms with Crippen LogP contribution in [-0.4, -0.2) is 6.54 Å². The minimum Gasteiger partial charge on any atom is -0.312 e. The van der Waals surface area contributed by atoms with E-state index in [0.29, 0.717) is 11.0 Å². The maximum absolute atomic E-state index is 13.2. The third kappa shape index (κ3) is 4.31. The summed E-state index contributed by atoms with van der Waals surface area (Å²) in [6.45, 7) is 8.10. The van der Waals surface area contributed by atoms with E-state index in [2.05, 4.69) is 42.0 Å². The maximum Gasteiger partial charge on any atom is 0.137 e. The summed E-state index contributed by atoms with van der Waals surface area (Å²) in [4.78, 5) is 0. The van der Waals surface area contributed by atoms with Crippen molar-refractivity contribution in [2.75, 3.05) is 6.54 Å². The fourth-order valence-corrected chi connectivity index (χ4v) is 1.66. The summed E-state index contributed by atoms with van der Waals surface area (Å²) >= 11 is 3.25. The number of rotatable bonds is 3. The molecular weight excluding hydrogens is 257 g/mol. The van der Waals surface area contributed by atoms with Crippen molar-refractivity contribution in [3.05, 3.63) is 34.1 Å². The monoisotopic (exact) mass is 273 g/mol. The molecule has 0 saturated carbocycles. The van der Waals surface area contributed by atoms with Gasteiger partial charge in [-0.15, -0.1) is 0 Å². The van der Waals surface area contributed by atoms with E-state index in [1.54, 1.807) is 6.07 Å². The standard InChI is InChI=1S/C12H17BrFN/c1-12(2,3)8-15-7-9-5-4-6-10(14)11(9)13/h4-6,15H,7-8H2,1-3H3. The minimum atomic E-state index is -0.204. The molecule has 1 nitrogen and oxygen atoms in total. The lowest BCUT2D eigenvalue weighted by Crippen LogP contribution is -2.26. The number of benzene rings is 1. The molecule has 0 spiro atoms. The predicted molar refractivity (Wildman–Crippen MR) is 65.3 cm³/mol. The van der Waals surface area contributed by atoms with Gasteiger partial charge in [0.25, 0.3) is 0 Å². The highest BCUT2D eigenvalue weighted by molar-refractivity contribution is 9.10. The van der Waals surface area contributed by atoms with E-state index in [1.165, 1.54) is 6.07 Å². The van der Waals surface area contributed by atoms with Gasteiger partial charge < -0.3 is 5.32 Å². The molecule has 3 heteroatoms. The first kappa shape index (κ1) is 12.7. The topological polar surface area (TPSA) is 12.0 Å². The minimum absolute atomic E-state index is 0.204. The third-order valence-electron chi connectivity index (χ3n) is 2.00. The van der Waals surface area contributed by atoms with Crippen molar-refractivity contribution in [3.63, 3.8) is 0 Å². The van der Waals surface area contributed by atoms with Gasteiger partial charge in [0, 0.05) is 13.1 Å². The van der Waals surface area contributed by atoms with Crippen LogP contribution in [0.2, 0.25) is 0 Å². The Hall–Kier alpha value is -0.410. The van der Waals surface area contributed by atoms with Crippen molar-refractivity contribution in [3.8, 4) is 0 Å². The van der Waals surface area contributed by atoms with Crippen LogP contribution in [0.4, 0.5) is 4.39 Å². The van der Waals surface area contributed by atoms with Gasteiger partial charge in [0.15, 0.2) is 0 Å². The van der Waals surface area contributed by atoms with Crippen LogP contribution >= 0.6 is 15.9 Å². The van der Waals surface area contributed by atoms with Gasteiger partial charge >= 0.3 is 0 Å². The van der Waals surface area contributed by atoms with E-state index < -0.39 is 0 Å². The molecule has 0 radical (unpaired) electrons. The number of hydrogen-bond acceptors (Lipinski definition) is 1. The molecule has 1 aromatic carbocycles. The molecule has 0 aliphatic heterocycles. The lowest BCUT2D eigenvalue weighted by atomic mass is 9.97. The highest BCUT2D eigenvalue weighted by atomic mass is 79.9. The molecule has 0 amide bonds. The molecule has 15 heavy (non-hydrogen) atoms. The zero-order valence-electron chi connectivity index (χ0n) is 9.40. The van der Waals surface area contributed by atoms with Crippen LogP contribution in [0.5, 0.6) is 0 Å². The lowest BCUT2D eigenvalue weighted by Gasteiger charge is -2.19. The molecule has 0 aliphatic rings. The van der Waals surface area contributed by atoms with E-state index in [-0.39, 0.29) is 11.2 Å². The Bertz CT molecular complexity index is 331. The Balaban J connectivity index is 2.55. The number of nitrogens with one attached hydrogen (secondary N) is 1. The normalized spacial score (nSPS) is 11.8. The van der Waals surface area contributed by atoms with Crippen molar-refractivity contribution in [2.45, 2.75) is 27.3 Å². The van der Waals surface area contributed by atoms with Crippen molar-refractivity contribution in [1.29, 1.82) is 0 Å². The van der Waals surface area contributed by atoms with Gasteiger partial charge in [0.2, 0.25) is 0 Å². The second-order valence-corrected chi connectivity index (χ2v) is 5.67. The second-order valence-electron chi connectivity index (χ2n) is 4.88. The maximum atomic E-state index is 13.2. The van der Waals surface area contributed by atoms with Crippen LogP contribution in [0.25, 0.3) is 0 Å². The Morgan fingerprint density at radius 2 is 2.00 bits per heavy atom. The Kier molecular flexibility index (Phi) is 4.29. The van der Waals surface area contributed by atoms with Crippen molar-refractivity contribution in [2.24, 2.45) is 5.41 Å². The Labute approximate surface area is 99.2 Å². The number of hydrogen-bond donors (Lipinski definition) is 1. The van der Waals surface area contributed by atoms with Crippen LogP contribution in [0.15, 0.2) is 22.7 Å². The Morgan fingerprint density at radius 1 is 1.33 bits per heavy atom. The van der Waals surface area contributed by atoms with E-state index >= 15 is 0 Å². The molecule has 0 heterocycles. The summed E-state index contributed by atoms with van der Waals surface area (Å²) in [7, 11) is 0. The van der Waals surface area contributed by atoms with E-state index in [1.807, 2.05) is 6.07 Å². The smallest absolute Gasteiger partial charge is 0.137 e. The van der Waals surface area contributed by atoms with Crippen molar-refractivity contribution < 1.29 is 4.39 Å². The SMILES string of the molecule is CC(C)(C)CNCc1cccc(F)c1Br. The molecule has 0 unspecified atom stereocenters. The van der Waals surface area contributed by atoms with Gasteiger partial charge in [0.05, 0.1) is 4.47 Å². The van der Waals surface area contributed by atoms with Crippen LogP contribution in [0, 0.1) is 11.2 Å². The molecule has 1 aromatic rings. The first-order valence-corrected chi connectivity index (χ1v) is 5.83. The molecule has 0 atom stereocenters. The quantitative estimate of drug-likeness (QED) is 0.885. The first-order chi connectivity index (χ1) is 6.90. The van der Waals surface area contributed by atoms with Gasteiger partial charge in [-0.25, -0.2) is 4.39 Å². The van der Waals surface area contributed by atoms with Crippen LogP contribution in [0.1, 0.15) is 26.3 Å². The van der Waals surface area contributed by atoms with Gasteiger partial charge in [-0.2, -0.15) is 0 Å². The summed E-state index contributed by atoms with van der Waals surface area (Å²) in [6.07, 6.45) is 0. The molecule has 1 N–H and O–H groups in total. The molecule has 84 valence electrons. The van der Waals surface area contributed by atoms with E-state index in [9.17, 15) is 4.39 Å². The second kappa shape index (κ2) is 5.08. The summed E-state index contributed by atoms with van der Waals surface area (Å²) in [5, 5.41) is 3.31. The molecule has 0 aromatic heterocycles. The fourth-order valence-electron chi connectivity index (χ4n) is 1.26. The molecule has 0 aliphatic carbocycles. The zero-order valence-corrected chi connectivity index (χ0v) is 11.0. The average Bonchev–Trinajstić information content (AvgIpc) is 2.10. The van der Waals surface area contributed by atoms with E-state index in [4.69, 9.17) is 0 Å². The molecule has 0 bridgehead atoms. The molecule has 0 saturated heterocycles. The lowest BCUT2D eigenvalue weighted by molar-refractivity contribution is 0.379. The van der Waals surface area contributed by atoms with E-state index in [0.717, 1.165) is 12.1 Å². The third-order valence-corrected chi connectivity index (χ3v) is 2.89. The molecule has 0 fully saturated rings. The number of halogens is 2. The van der Waals surface area contributed by atoms with Crippen molar-refractivity contribution >= 4 is 15.9 Å². The van der Waals surface area contributed by atoms with Gasteiger partial charge in [-0.1, -0.05) is 32.9 Å². The Morgan fingerprint density at radius 3 is 2.60 bits per heavy atom. The van der Waals surface area contributed by atoms with Crippen LogP contribution in [0.3, 0.4) is 0 Å². The van der Waals surface area contributed by atoms with Gasteiger partial charge in [-0.05, 0) is 33.0 Å². The summed E-state index contributed by atoms with van der Waals surface area (Å²) in [5.74, 6) is -0.204. The summed E-state index contributed by atoms with van der Waals surface area (Å²) < 4.78 is 13.7. The van der Waals surface area contributed by atoms with Gasteiger partial charge in [-0.3, -0.25) is 0 Å². The van der Waals surface area contributed by atoms with Crippen molar-refractivity contribution in [1.82, 2.24) is 5.32 Å². The summed E-state index contributed by atoms with van der Waals surface area (Å²) in [5.41, 5.74) is 1.21. The fraction of sp³-hybridized carbons (Fsp3) is 0.500. The highest BCUT2D eigenvalue weighted by Gasteiger charge is 2.10.